The van der Waals surface area contributed by atoms with Gasteiger partial charge < -0.3 is 10.6 Å². The molecule has 1 aliphatic heterocycles. The minimum Gasteiger partial charge on any atom is -0.327 e. The monoisotopic (exact) mass is 399 g/mol. The standard InChI is InChI=1S/C18H17N5O2S2/c1-9-15(16(22-18(25)20-9)13-5-6-14(26-2)27-13)17(24)21-11-3-4-12-10(7-11)8-19-23-12/h3-8,15-16H,1-2H3,(H,19,23)(H,21,24)(H,22,25). The summed E-state index contributed by atoms with van der Waals surface area (Å²) >= 11 is 3.21. The van der Waals surface area contributed by atoms with Gasteiger partial charge in [0.15, 0.2) is 0 Å². The van der Waals surface area contributed by atoms with Crippen molar-refractivity contribution in [3.05, 3.63) is 41.4 Å². The molecule has 27 heavy (non-hydrogen) atoms. The highest BCUT2D eigenvalue weighted by atomic mass is 32.2. The number of carbonyl (C=O) groups is 2. The molecule has 2 unspecified atom stereocenters. The van der Waals surface area contributed by atoms with Crippen LogP contribution < -0.4 is 10.6 Å². The molecule has 3 amide bonds. The number of nitrogens with one attached hydrogen (secondary N) is 3. The molecule has 0 spiro atoms. The van der Waals surface area contributed by atoms with Crippen LogP contribution in [-0.4, -0.2) is 34.1 Å². The molecule has 0 aliphatic carbocycles. The van der Waals surface area contributed by atoms with E-state index in [-0.39, 0.29) is 5.91 Å². The quantitative estimate of drug-likeness (QED) is 0.581. The maximum absolute atomic E-state index is 13.1. The summed E-state index contributed by atoms with van der Waals surface area (Å²) in [5.74, 6) is -0.778. The molecular formula is C18H17N5O2S2. The molecule has 3 N–H and O–H groups in total. The van der Waals surface area contributed by atoms with Crippen molar-refractivity contribution >= 4 is 57.3 Å². The molecule has 3 aromatic rings. The fourth-order valence-corrected chi connectivity index (χ4v) is 4.80. The van der Waals surface area contributed by atoms with Gasteiger partial charge in [0.25, 0.3) is 0 Å². The van der Waals surface area contributed by atoms with E-state index >= 15 is 0 Å². The van der Waals surface area contributed by atoms with Crippen molar-refractivity contribution in [1.29, 1.82) is 0 Å². The summed E-state index contributed by atoms with van der Waals surface area (Å²) in [6, 6.07) is 8.65. The number of benzene rings is 1. The number of carbonyl (C=O) groups excluding carboxylic acids is 2. The fraction of sp³-hybridized carbons (Fsp3) is 0.222. The molecule has 4 rings (SSSR count). The average molecular weight is 400 g/mol. The van der Waals surface area contributed by atoms with Crippen LogP contribution in [0.2, 0.25) is 0 Å². The van der Waals surface area contributed by atoms with Crippen LogP contribution in [0.3, 0.4) is 0 Å². The predicted molar refractivity (Wildman–Crippen MR) is 109 cm³/mol. The number of amides is 3. The molecule has 0 bridgehead atoms. The summed E-state index contributed by atoms with van der Waals surface area (Å²) in [5.41, 5.74) is 2.08. The van der Waals surface area contributed by atoms with Crippen molar-refractivity contribution in [2.24, 2.45) is 10.9 Å². The van der Waals surface area contributed by atoms with Gasteiger partial charge >= 0.3 is 6.03 Å². The molecule has 7 nitrogen and oxygen atoms in total. The first-order valence-electron chi connectivity index (χ1n) is 8.28. The normalized spacial score (nSPS) is 19.6. The molecule has 1 aromatic carbocycles. The molecule has 0 radical (unpaired) electrons. The Morgan fingerprint density at radius 2 is 2.15 bits per heavy atom. The fourth-order valence-electron chi connectivity index (χ4n) is 3.15. The number of urea groups is 1. The smallest absolute Gasteiger partial charge is 0.327 e. The first kappa shape index (κ1) is 17.7. The van der Waals surface area contributed by atoms with Crippen LogP contribution in [-0.2, 0) is 4.79 Å². The van der Waals surface area contributed by atoms with Crippen LogP contribution in [0.5, 0.6) is 0 Å². The van der Waals surface area contributed by atoms with Gasteiger partial charge in [0.2, 0.25) is 5.91 Å². The second-order valence-corrected chi connectivity index (χ2v) is 8.40. The van der Waals surface area contributed by atoms with Crippen LogP contribution in [0, 0.1) is 5.92 Å². The Labute approximate surface area is 163 Å². The zero-order valence-corrected chi connectivity index (χ0v) is 16.3. The second kappa shape index (κ2) is 7.16. The van der Waals surface area contributed by atoms with Gasteiger partial charge in [-0.15, -0.1) is 23.1 Å². The Morgan fingerprint density at radius 1 is 1.30 bits per heavy atom. The lowest BCUT2D eigenvalue weighted by molar-refractivity contribution is -0.118. The van der Waals surface area contributed by atoms with Gasteiger partial charge in [-0.25, -0.2) is 9.79 Å². The van der Waals surface area contributed by atoms with E-state index in [1.54, 1.807) is 36.2 Å². The van der Waals surface area contributed by atoms with E-state index in [0.717, 1.165) is 20.0 Å². The third-order valence-electron chi connectivity index (χ3n) is 4.44. The summed E-state index contributed by atoms with van der Waals surface area (Å²) in [4.78, 5) is 29.9. The summed E-state index contributed by atoms with van der Waals surface area (Å²) in [5, 5.41) is 13.6. The van der Waals surface area contributed by atoms with Crippen LogP contribution in [0.1, 0.15) is 17.8 Å². The number of fused-ring (bicyclic) bond motifs is 1. The number of aromatic nitrogens is 2. The van der Waals surface area contributed by atoms with E-state index < -0.39 is 18.0 Å². The topological polar surface area (TPSA) is 99.2 Å². The van der Waals surface area contributed by atoms with Crippen LogP contribution in [0.15, 0.2) is 45.7 Å². The Balaban J connectivity index is 1.63. The maximum Gasteiger partial charge on any atom is 0.341 e. The van der Waals surface area contributed by atoms with E-state index in [1.165, 1.54) is 0 Å². The molecule has 138 valence electrons. The van der Waals surface area contributed by atoms with Crippen molar-refractivity contribution in [1.82, 2.24) is 15.5 Å². The van der Waals surface area contributed by atoms with Crippen molar-refractivity contribution < 1.29 is 9.59 Å². The summed E-state index contributed by atoms with van der Waals surface area (Å²) in [7, 11) is 0. The van der Waals surface area contributed by atoms with Crippen molar-refractivity contribution in [3.63, 3.8) is 0 Å². The lowest BCUT2D eigenvalue weighted by Gasteiger charge is -2.29. The maximum atomic E-state index is 13.1. The molecule has 0 saturated heterocycles. The molecule has 9 heteroatoms. The van der Waals surface area contributed by atoms with Gasteiger partial charge in [-0.1, -0.05) is 0 Å². The largest absolute Gasteiger partial charge is 0.341 e. The number of nitrogens with zero attached hydrogens (tertiary/aromatic N) is 2. The molecule has 2 atom stereocenters. The zero-order chi connectivity index (χ0) is 19.0. The SMILES string of the molecule is CSc1ccc(C2NC(=O)N=C(C)C2C(=O)Nc2ccc3[nH]ncc3c2)s1. The number of hydrogen-bond acceptors (Lipinski definition) is 5. The van der Waals surface area contributed by atoms with Gasteiger partial charge in [-0.3, -0.25) is 9.89 Å². The number of thioether (sulfide) groups is 1. The first-order valence-corrected chi connectivity index (χ1v) is 10.3. The number of aromatic amines is 1. The summed E-state index contributed by atoms with van der Waals surface area (Å²) in [6.07, 6.45) is 3.70. The van der Waals surface area contributed by atoms with E-state index in [2.05, 4.69) is 25.8 Å². The number of rotatable bonds is 4. The predicted octanol–water partition coefficient (Wildman–Crippen LogP) is 3.83. The highest BCUT2D eigenvalue weighted by molar-refractivity contribution is 8.00. The number of anilines is 1. The van der Waals surface area contributed by atoms with E-state index in [1.807, 2.05) is 36.6 Å². The molecule has 1 aliphatic rings. The minimum absolute atomic E-state index is 0.205. The third kappa shape index (κ3) is 3.47. The van der Waals surface area contributed by atoms with Gasteiger partial charge in [0.05, 0.1) is 22.0 Å². The highest BCUT2D eigenvalue weighted by Gasteiger charge is 2.37. The van der Waals surface area contributed by atoms with E-state index in [4.69, 9.17) is 0 Å². The summed E-state index contributed by atoms with van der Waals surface area (Å²) in [6.45, 7) is 1.72. The van der Waals surface area contributed by atoms with Crippen LogP contribution in [0.25, 0.3) is 10.9 Å². The zero-order valence-electron chi connectivity index (χ0n) is 14.6. The number of aliphatic imine (C=N–C) groups is 1. The Kier molecular flexibility index (Phi) is 4.71. The van der Waals surface area contributed by atoms with E-state index in [0.29, 0.717) is 11.4 Å². The Bertz CT molecular complexity index is 1050. The van der Waals surface area contributed by atoms with Gasteiger partial charge in [-0.2, -0.15) is 5.10 Å². The molecule has 0 saturated carbocycles. The lowest BCUT2D eigenvalue weighted by atomic mass is 9.91. The van der Waals surface area contributed by atoms with E-state index in [9.17, 15) is 9.59 Å². The van der Waals surface area contributed by atoms with Crippen LogP contribution in [0.4, 0.5) is 10.5 Å². The molecule has 0 fully saturated rings. The molecule has 2 aromatic heterocycles. The average Bonchev–Trinajstić information content (AvgIpc) is 3.29. The van der Waals surface area contributed by atoms with Crippen molar-refractivity contribution in [2.45, 2.75) is 17.2 Å². The third-order valence-corrected chi connectivity index (χ3v) is 6.69. The van der Waals surface area contributed by atoms with Gasteiger partial charge in [0, 0.05) is 21.7 Å². The highest BCUT2D eigenvalue weighted by Crippen LogP contribution is 2.35. The molecular weight excluding hydrogens is 382 g/mol. The number of hydrogen-bond donors (Lipinski definition) is 3. The van der Waals surface area contributed by atoms with Crippen molar-refractivity contribution in [3.8, 4) is 0 Å². The first-order chi connectivity index (χ1) is 13.0. The Morgan fingerprint density at radius 3 is 2.93 bits per heavy atom. The lowest BCUT2D eigenvalue weighted by Crippen LogP contribution is -2.45. The van der Waals surface area contributed by atoms with Crippen molar-refractivity contribution in [2.75, 3.05) is 11.6 Å². The minimum atomic E-state index is -0.573. The Hall–Kier alpha value is -2.65. The second-order valence-electron chi connectivity index (χ2n) is 6.18. The number of H-pyrrole nitrogens is 1. The number of thiophene rings is 1. The summed E-state index contributed by atoms with van der Waals surface area (Å²) < 4.78 is 1.13. The van der Waals surface area contributed by atoms with Crippen LogP contribution >= 0.6 is 23.1 Å². The molecule has 3 heterocycles. The van der Waals surface area contributed by atoms with Gasteiger partial charge in [0.1, 0.15) is 5.92 Å². The van der Waals surface area contributed by atoms with Gasteiger partial charge in [-0.05, 0) is 43.5 Å².